The summed E-state index contributed by atoms with van der Waals surface area (Å²) in [6.07, 6.45) is 0. The van der Waals surface area contributed by atoms with Crippen LogP contribution in [0.5, 0.6) is 0 Å². The van der Waals surface area contributed by atoms with Crippen molar-refractivity contribution in [3.05, 3.63) is 70.7 Å². The molecule has 2 heterocycles. The Morgan fingerprint density at radius 1 is 0.828 bits per heavy atom. The van der Waals surface area contributed by atoms with Crippen LogP contribution in [0.1, 0.15) is 0 Å². The number of halogens is 2. The summed E-state index contributed by atoms with van der Waals surface area (Å²) in [4.78, 5) is 7.89. The largest absolute Gasteiger partial charge is 0.416 e. The van der Waals surface area contributed by atoms with E-state index in [1.165, 1.54) is 5.46 Å². The highest BCUT2D eigenvalue weighted by Crippen LogP contribution is 2.34. The minimum Gasteiger partial charge on any atom is -0.416 e. The monoisotopic (exact) mass is 418 g/mol. The van der Waals surface area contributed by atoms with Crippen LogP contribution in [-0.4, -0.2) is 28.0 Å². The van der Waals surface area contributed by atoms with Gasteiger partial charge in [-0.2, -0.15) is 0 Å². The standard InChI is InChI=1S/C21H13BCl2N4O/c22-13-7-4-11(5-8-13)20-27-28-21(29-20)12-6-9-16-17(10-12)26-19(25-16)18-14(23)2-1-3-15(18)24/h1-10H,22H2,(H,25,26). The van der Waals surface area contributed by atoms with E-state index in [1.54, 1.807) is 18.2 Å². The van der Waals surface area contributed by atoms with E-state index in [0.29, 0.717) is 33.2 Å². The van der Waals surface area contributed by atoms with Gasteiger partial charge in [-0.25, -0.2) is 4.98 Å². The third kappa shape index (κ3) is 3.31. The Morgan fingerprint density at radius 2 is 1.48 bits per heavy atom. The van der Waals surface area contributed by atoms with Crippen LogP contribution in [0, 0.1) is 0 Å². The van der Waals surface area contributed by atoms with Crippen molar-refractivity contribution >= 4 is 47.5 Å². The molecular formula is C21H13BCl2N4O. The number of aromatic nitrogens is 4. The fourth-order valence-electron chi connectivity index (χ4n) is 3.14. The maximum absolute atomic E-state index is 6.31. The van der Waals surface area contributed by atoms with E-state index in [4.69, 9.17) is 27.6 Å². The topological polar surface area (TPSA) is 67.6 Å². The molecule has 140 valence electrons. The van der Waals surface area contributed by atoms with Gasteiger partial charge in [0, 0.05) is 11.1 Å². The molecule has 0 atom stereocenters. The van der Waals surface area contributed by atoms with Gasteiger partial charge in [0.2, 0.25) is 11.8 Å². The molecule has 5 nitrogen and oxygen atoms in total. The zero-order chi connectivity index (χ0) is 20.0. The Labute approximate surface area is 177 Å². The molecule has 0 saturated heterocycles. The second-order valence-corrected chi connectivity index (χ2v) is 7.51. The maximum Gasteiger partial charge on any atom is 0.248 e. The Hall–Kier alpha value is -3.09. The molecule has 8 heteroatoms. The van der Waals surface area contributed by atoms with Gasteiger partial charge in [-0.1, -0.05) is 59.0 Å². The summed E-state index contributed by atoms with van der Waals surface area (Å²) in [6, 6.07) is 19.0. The van der Waals surface area contributed by atoms with Crippen LogP contribution in [-0.2, 0) is 0 Å². The molecule has 0 spiro atoms. The molecule has 0 aliphatic heterocycles. The van der Waals surface area contributed by atoms with Crippen molar-refractivity contribution in [2.45, 2.75) is 0 Å². The third-order valence-corrected chi connectivity index (χ3v) is 5.28. The van der Waals surface area contributed by atoms with Gasteiger partial charge in [0.05, 0.1) is 26.6 Å². The number of benzene rings is 3. The predicted octanol–water partition coefficient (Wildman–Crippen LogP) is 4.51. The lowest BCUT2D eigenvalue weighted by molar-refractivity contribution is 0.584. The molecule has 0 fully saturated rings. The van der Waals surface area contributed by atoms with E-state index in [1.807, 2.05) is 50.3 Å². The van der Waals surface area contributed by atoms with Gasteiger partial charge in [-0.3, -0.25) is 0 Å². The van der Waals surface area contributed by atoms with Gasteiger partial charge >= 0.3 is 0 Å². The van der Waals surface area contributed by atoms with Crippen molar-refractivity contribution in [2.24, 2.45) is 0 Å². The van der Waals surface area contributed by atoms with Gasteiger partial charge in [0.25, 0.3) is 0 Å². The number of H-pyrrole nitrogens is 1. The van der Waals surface area contributed by atoms with Crippen LogP contribution in [0.2, 0.25) is 10.0 Å². The highest BCUT2D eigenvalue weighted by Gasteiger charge is 2.15. The molecule has 0 radical (unpaired) electrons. The number of hydrogen-bond acceptors (Lipinski definition) is 4. The van der Waals surface area contributed by atoms with E-state index in [0.717, 1.165) is 22.2 Å². The molecule has 0 aliphatic rings. The molecule has 5 aromatic rings. The lowest BCUT2D eigenvalue weighted by Crippen LogP contribution is -1.99. The summed E-state index contributed by atoms with van der Waals surface area (Å²) in [5, 5.41) is 9.44. The van der Waals surface area contributed by atoms with Crippen LogP contribution in [0.15, 0.2) is 65.1 Å². The highest BCUT2D eigenvalue weighted by atomic mass is 35.5. The van der Waals surface area contributed by atoms with Crippen molar-refractivity contribution < 1.29 is 4.42 Å². The van der Waals surface area contributed by atoms with E-state index in [-0.39, 0.29) is 0 Å². The van der Waals surface area contributed by atoms with Crippen LogP contribution in [0.25, 0.3) is 45.3 Å². The van der Waals surface area contributed by atoms with Gasteiger partial charge in [0.1, 0.15) is 13.7 Å². The molecule has 29 heavy (non-hydrogen) atoms. The summed E-state index contributed by atoms with van der Waals surface area (Å²) >= 11 is 12.6. The summed E-state index contributed by atoms with van der Waals surface area (Å²) in [7, 11) is 2.03. The molecule has 0 amide bonds. The van der Waals surface area contributed by atoms with E-state index >= 15 is 0 Å². The predicted molar refractivity (Wildman–Crippen MR) is 118 cm³/mol. The van der Waals surface area contributed by atoms with Gasteiger partial charge in [-0.05, 0) is 30.3 Å². The second kappa shape index (κ2) is 7.06. The van der Waals surface area contributed by atoms with Crippen molar-refractivity contribution in [1.29, 1.82) is 0 Å². The normalized spacial score (nSPS) is 11.2. The van der Waals surface area contributed by atoms with E-state index in [2.05, 4.69) is 20.2 Å². The number of imidazole rings is 1. The Morgan fingerprint density at radius 3 is 2.21 bits per heavy atom. The molecule has 0 unspecified atom stereocenters. The first kappa shape index (κ1) is 18.0. The Bertz CT molecular complexity index is 1320. The number of hydrogen-bond donors (Lipinski definition) is 1. The molecule has 1 N–H and O–H groups in total. The molecule has 2 aromatic heterocycles. The zero-order valence-electron chi connectivity index (χ0n) is 15.3. The molecular weight excluding hydrogens is 406 g/mol. The summed E-state index contributed by atoms with van der Waals surface area (Å²) < 4.78 is 5.88. The number of nitrogens with one attached hydrogen (secondary N) is 1. The number of rotatable bonds is 3. The van der Waals surface area contributed by atoms with Crippen molar-refractivity contribution in [1.82, 2.24) is 20.2 Å². The van der Waals surface area contributed by atoms with Crippen molar-refractivity contribution in [3.63, 3.8) is 0 Å². The minimum atomic E-state index is 0.439. The SMILES string of the molecule is Bc1ccc(-c2nnc(-c3ccc4nc(-c5c(Cl)cccc5Cl)[nH]c4c3)o2)cc1. The van der Waals surface area contributed by atoms with Crippen LogP contribution < -0.4 is 5.46 Å². The van der Waals surface area contributed by atoms with E-state index < -0.39 is 0 Å². The second-order valence-electron chi connectivity index (χ2n) is 6.69. The molecule has 0 saturated carbocycles. The van der Waals surface area contributed by atoms with Crippen LogP contribution in [0.4, 0.5) is 0 Å². The highest BCUT2D eigenvalue weighted by molar-refractivity contribution is 6.39. The fourth-order valence-corrected chi connectivity index (χ4v) is 3.71. The molecule has 0 aliphatic carbocycles. The molecule has 5 rings (SSSR count). The average molecular weight is 419 g/mol. The lowest BCUT2D eigenvalue weighted by Gasteiger charge is -2.02. The number of aromatic amines is 1. The van der Waals surface area contributed by atoms with Crippen molar-refractivity contribution in [3.8, 4) is 34.3 Å². The molecule has 3 aromatic carbocycles. The lowest BCUT2D eigenvalue weighted by atomic mass is 9.95. The maximum atomic E-state index is 6.31. The quantitative estimate of drug-likeness (QED) is 0.437. The smallest absolute Gasteiger partial charge is 0.248 e. The summed E-state index contributed by atoms with van der Waals surface area (Å²) in [6.45, 7) is 0. The zero-order valence-corrected chi connectivity index (χ0v) is 16.8. The number of fused-ring (bicyclic) bond motifs is 1. The van der Waals surface area contributed by atoms with Crippen LogP contribution in [0.3, 0.4) is 0 Å². The number of nitrogens with zero attached hydrogens (tertiary/aromatic N) is 3. The Balaban J connectivity index is 1.53. The average Bonchev–Trinajstić information content (AvgIpc) is 3.35. The van der Waals surface area contributed by atoms with Crippen LogP contribution >= 0.6 is 23.2 Å². The minimum absolute atomic E-state index is 0.439. The first-order chi connectivity index (χ1) is 14.1. The third-order valence-electron chi connectivity index (χ3n) is 4.65. The Kier molecular flexibility index (Phi) is 4.38. The van der Waals surface area contributed by atoms with Crippen molar-refractivity contribution in [2.75, 3.05) is 0 Å². The first-order valence-electron chi connectivity index (χ1n) is 8.93. The van der Waals surface area contributed by atoms with Gasteiger partial charge in [0.15, 0.2) is 0 Å². The van der Waals surface area contributed by atoms with Gasteiger partial charge in [-0.15, -0.1) is 10.2 Å². The van der Waals surface area contributed by atoms with Gasteiger partial charge < -0.3 is 9.40 Å². The summed E-state index contributed by atoms with van der Waals surface area (Å²) in [5.74, 6) is 1.53. The first-order valence-corrected chi connectivity index (χ1v) is 9.69. The summed E-state index contributed by atoms with van der Waals surface area (Å²) in [5.41, 5.74) is 5.14. The van der Waals surface area contributed by atoms with E-state index in [9.17, 15) is 0 Å². The fraction of sp³-hybridized carbons (Fsp3) is 0. The molecule has 0 bridgehead atoms.